The number of hydrogen-bond acceptors (Lipinski definition) is 5. The van der Waals surface area contributed by atoms with Crippen LogP contribution in [-0.4, -0.2) is 20.6 Å². The lowest BCUT2D eigenvalue weighted by atomic mass is 10.3. The lowest BCUT2D eigenvalue weighted by Gasteiger charge is -2.04. The summed E-state index contributed by atoms with van der Waals surface area (Å²) in [5, 5.41) is 9.02. The fraction of sp³-hybridized carbons (Fsp3) is 0.143. The van der Waals surface area contributed by atoms with E-state index in [4.69, 9.17) is 10.8 Å². The maximum absolute atomic E-state index is 11.2. The monoisotopic (exact) mass is 203 g/mol. The van der Waals surface area contributed by atoms with Crippen molar-refractivity contribution in [3.8, 4) is 5.75 Å². The zero-order valence-corrected chi connectivity index (χ0v) is 7.71. The Morgan fingerprint density at radius 2 is 2.08 bits per heavy atom. The van der Waals surface area contributed by atoms with Crippen molar-refractivity contribution in [2.75, 3.05) is 12.8 Å². The molecule has 0 fully saturated rings. The molecule has 13 heavy (non-hydrogen) atoms. The predicted octanol–water partition coefficient (Wildman–Crippen LogP) is 0.310. The maximum atomic E-state index is 11.2. The fourth-order valence-corrected chi connectivity index (χ4v) is 1.63. The van der Waals surface area contributed by atoms with Crippen molar-refractivity contribution < 1.29 is 17.7 Å². The molecule has 3 N–H and O–H groups in total. The molecule has 0 saturated carbocycles. The molecule has 0 saturated heterocycles. The van der Waals surface area contributed by atoms with Gasteiger partial charge in [-0.15, -0.1) is 0 Å². The predicted molar refractivity (Wildman–Crippen MR) is 46.7 cm³/mol. The molecule has 5 nitrogen and oxygen atoms in total. The minimum Gasteiger partial charge on any atom is -0.508 e. The number of phenols is 1. The first-order chi connectivity index (χ1) is 5.97. The van der Waals surface area contributed by atoms with Gasteiger partial charge in [-0.25, -0.2) is 0 Å². The van der Waals surface area contributed by atoms with Crippen LogP contribution in [0.1, 0.15) is 0 Å². The fourth-order valence-electron chi connectivity index (χ4n) is 0.829. The lowest BCUT2D eigenvalue weighted by Crippen LogP contribution is -2.05. The van der Waals surface area contributed by atoms with Crippen LogP contribution in [0.3, 0.4) is 0 Å². The van der Waals surface area contributed by atoms with E-state index >= 15 is 0 Å². The topological polar surface area (TPSA) is 89.6 Å². The van der Waals surface area contributed by atoms with Gasteiger partial charge in [0.25, 0.3) is 10.1 Å². The Morgan fingerprint density at radius 1 is 1.46 bits per heavy atom. The van der Waals surface area contributed by atoms with E-state index in [0.717, 1.165) is 13.2 Å². The second-order valence-electron chi connectivity index (χ2n) is 2.34. The van der Waals surface area contributed by atoms with Crippen molar-refractivity contribution in [3.05, 3.63) is 18.2 Å². The quantitative estimate of drug-likeness (QED) is 0.410. The third-order valence-electron chi connectivity index (χ3n) is 1.49. The molecule has 0 radical (unpaired) electrons. The molecule has 0 aliphatic carbocycles. The van der Waals surface area contributed by atoms with Crippen LogP contribution < -0.4 is 5.73 Å². The van der Waals surface area contributed by atoms with E-state index in [1.165, 1.54) is 12.1 Å². The van der Waals surface area contributed by atoms with Gasteiger partial charge >= 0.3 is 0 Å². The second kappa shape index (κ2) is 3.23. The first kappa shape index (κ1) is 9.82. The van der Waals surface area contributed by atoms with Crippen molar-refractivity contribution >= 4 is 15.8 Å². The van der Waals surface area contributed by atoms with Gasteiger partial charge in [0.15, 0.2) is 0 Å². The Kier molecular flexibility index (Phi) is 2.44. The molecule has 0 aromatic heterocycles. The largest absolute Gasteiger partial charge is 0.508 e. The number of hydrogen-bond donors (Lipinski definition) is 2. The summed E-state index contributed by atoms with van der Waals surface area (Å²) in [6.07, 6.45) is 0. The normalized spacial score (nSPS) is 11.5. The molecule has 72 valence electrons. The standard InChI is InChI=1S/C7H9NO4S/c1-12-13(10,11)7-4-5(9)2-3-6(7)8/h2-4,9H,8H2,1H3. The highest BCUT2D eigenvalue weighted by Crippen LogP contribution is 2.24. The van der Waals surface area contributed by atoms with E-state index in [1.807, 2.05) is 0 Å². The van der Waals surface area contributed by atoms with Crippen LogP contribution in [0.15, 0.2) is 23.1 Å². The number of phenolic OH excluding ortho intramolecular Hbond substituents is 1. The smallest absolute Gasteiger partial charge is 0.298 e. The van der Waals surface area contributed by atoms with E-state index in [9.17, 15) is 8.42 Å². The number of anilines is 1. The van der Waals surface area contributed by atoms with E-state index in [2.05, 4.69) is 4.18 Å². The van der Waals surface area contributed by atoms with E-state index < -0.39 is 10.1 Å². The van der Waals surface area contributed by atoms with Gasteiger partial charge in [-0.3, -0.25) is 4.18 Å². The van der Waals surface area contributed by atoms with E-state index in [0.29, 0.717) is 0 Å². The average Bonchev–Trinajstić information content (AvgIpc) is 2.09. The molecule has 0 spiro atoms. The number of rotatable bonds is 2. The highest BCUT2D eigenvalue weighted by molar-refractivity contribution is 7.87. The molecule has 6 heteroatoms. The zero-order chi connectivity index (χ0) is 10.1. The highest BCUT2D eigenvalue weighted by Gasteiger charge is 2.16. The third-order valence-corrected chi connectivity index (χ3v) is 2.82. The van der Waals surface area contributed by atoms with Crippen molar-refractivity contribution in [1.29, 1.82) is 0 Å². The summed E-state index contributed by atoms with van der Waals surface area (Å²) in [4.78, 5) is -0.227. The molecule has 1 rings (SSSR count). The van der Waals surface area contributed by atoms with Crippen LogP contribution in [-0.2, 0) is 14.3 Å². The lowest BCUT2D eigenvalue weighted by molar-refractivity contribution is 0.397. The van der Waals surface area contributed by atoms with Gasteiger partial charge in [0.05, 0.1) is 12.8 Å². The molecule has 1 aromatic carbocycles. The van der Waals surface area contributed by atoms with Crippen molar-refractivity contribution in [1.82, 2.24) is 0 Å². The minimum atomic E-state index is -3.84. The zero-order valence-electron chi connectivity index (χ0n) is 6.89. The average molecular weight is 203 g/mol. The van der Waals surface area contributed by atoms with Gasteiger partial charge in [-0.05, 0) is 12.1 Å². The Morgan fingerprint density at radius 3 is 2.62 bits per heavy atom. The SMILES string of the molecule is COS(=O)(=O)c1cc(O)ccc1N. The second-order valence-corrected chi connectivity index (χ2v) is 4.02. The molecule has 0 amide bonds. The summed E-state index contributed by atoms with van der Waals surface area (Å²) >= 11 is 0. The molecule has 0 aliphatic rings. The van der Waals surface area contributed by atoms with Gasteiger partial charge in [0.2, 0.25) is 0 Å². The summed E-state index contributed by atoms with van der Waals surface area (Å²) in [5.41, 5.74) is 5.42. The van der Waals surface area contributed by atoms with Gasteiger partial charge in [0, 0.05) is 6.07 Å². The van der Waals surface area contributed by atoms with Crippen LogP contribution >= 0.6 is 0 Å². The summed E-state index contributed by atoms with van der Waals surface area (Å²) in [5.74, 6) is -0.176. The van der Waals surface area contributed by atoms with Crippen molar-refractivity contribution in [3.63, 3.8) is 0 Å². The Hall–Kier alpha value is -1.27. The first-order valence-electron chi connectivity index (χ1n) is 3.36. The van der Waals surface area contributed by atoms with Gasteiger partial charge in [0.1, 0.15) is 10.6 Å². The summed E-state index contributed by atoms with van der Waals surface area (Å²) in [7, 11) is -2.81. The molecule has 0 bridgehead atoms. The van der Waals surface area contributed by atoms with Crippen LogP contribution in [0.4, 0.5) is 5.69 Å². The number of aromatic hydroxyl groups is 1. The molecule has 0 atom stereocenters. The van der Waals surface area contributed by atoms with E-state index in [-0.39, 0.29) is 16.3 Å². The van der Waals surface area contributed by atoms with Gasteiger partial charge in [-0.2, -0.15) is 8.42 Å². The third kappa shape index (κ3) is 1.90. The number of nitrogens with two attached hydrogens (primary N) is 1. The first-order valence-corrected chi connectivity index (χ1v) is 4.77. The Bertz CT molecular complexity index is 413. The van der Waals surface area contributed by atoms with Crippen LogP contribution in [0, 0.1) is 0 Å². The molecule has 0 aliphatic heterocycles. The van der Waals surface area contributed by atoms with Crippen molar-refractivity contribution in [2.45, 2.75) is 4.90 Å². The van der Waals surface area contributed by atoms with Crippen LogP contribution in [0.2, 0.25) is 0 Å². The summed E-state index contributed by atoms with van der Waals surface area (Å²) in [6, 6.07) is 3.62. The molecular weight excluding hydrogens is 194 g/mol. The van der Waals surface area contributed by atoms with Gasteiger partial charge in [-0.1, -0.05) is 0 Å². The van der Waals surface area contributed by atoms with Crippen LogP contribution in [0.25, 0.3) is 0 Å². The molecule has 0 unspecified atom stereocenters. The summed E-state index contributed by atoms with van der Waals surface area (Å²) < 4.78 is 26.6. The van der Waals surface area contributed by atoms with E-state index in [1.54, 1.807) is 0 Å². The summed E-state index contributed by atoms with van der Waals surface area (Å²) in [6.45, 7) is 0. The molecule has 0 heterocycles. The highest BCUT2D eigenvalue weighted by atomic mass is 32.2. The number of benzene rings is 1. The number of nitrogen functional groups attached to an aromatic ring is 1. The maximum Gasteiger partial charge on any atom is 0.298 e. The minimum absolute atomic E-state index is 0.0413. The van der Waals surface area contributed by atoms with Crippen LogP contribution in [0.5, 0.6) is 5.75 Å². The molecular formula is C7H9NO4S. The van der Waals surface area contributed by atoms with Gasteiger partial charge < -0.3 is 10.8 Å². The Labute approximate surface area is 75.9 Å². The van der Waals surface area contributed by atoms with Crippen molar-refractivity contribution in [2.24, 2.45) is 0 Å². The Balaban J connectivity index is 3.38. The molecule has 1 aromatic rings.